The molecule has 1 rings (SSSR count). The maximum atomic E-state index is 13.7. The van der Waals surface area contributed by atoms with E-state index in [2.05, 4.69) is 0 Å². The number of benzene rings is 1. The van der Waals surface area contributed by atoms with Gasteiger partial charge < -0.3 is 9.64 Å². The van der Waals surface area contributed by atoms with Crippen molar-refractivity contribution in [1.29, 1.82) is 0 Å². The Morgan fingerprint density at radius 2 is 2.05 bits per heavy atom. The van der Waals surface area contributed by atoms with Gasteiger partial charge in [0.15, 0.2) is 0 Å². The van der Waals surface area contributed by atoms with Crippen molar-refractivity contribution in [3.63, 3.8) is 0 Å². The minimum Gasteiger partial charge on any atom is -0.465 e. The largest absolute Gasteiger partial charge is 0.465 e. The summed E-state index contributed by atoms with van der Waals surface area (Å²) in [6.45, 7) is 3.94. The monoisotopic (exact) mass is 301 g/mol. The number of carbonyl (C=O) groups excluding carboxylic acids is 2. The van der Waals surface area contributed by atoms with Gasteiger partial charge in [-0.2, -0.15) is 0 Å². The van der Waals surface area contributed by atoms with Gasteiger partial charge in [-0.25, -0.2) is 4.39 Å². The highest BCUT2D eigenvalue weighted by atomic mass is 35.5. The molecule has 0 aliphatic rings. The lowest BCUT2D eigenvalue weighted by atomic mass is 10.2. The van der Waals surface area contributed by atoms with Crippen LogP contribution in [0.5, 0.6) is 0 Å². The van der Waals surface area contributed by atoms with E-state index in [1.165, 1.54) is 17.0 Å². The number of hydrogen-bond donors (Lipinski definition) is 0. The predicted octanol–water partition coefficient (Wildman–Crippen LogP) is 2.89. The van der Waals surface area contributed by atoms with E-state index in [1.807, 2.05) is 6.92 Å². The van der Waals surface area contributed by atoms with Crippen molar-refractivity contribution in [2.45, 2.75) is 20.3 Å². The van der Waals surface area contributed by atoms with Crippen molar-refractivity contribution in [3.8, 4) is 0 Å². The Morgan fingerprint density at radius 1 is 1.35 bits per heavy atom. The van der Waals surface area contributed by atoms with Crippen molar-refractivity contribution in [3.05, 3.63) is 34.6 Å². The molecule has 1 amide bonds. The van der Waals surface area contributed by atoms with Gasteiger partial charge in [-0.3, -0.25) is 9.59 Å². The maximum absolute atomic E-state index is 13.7. The topological polar surface area (TPSA) is 46.6 Å². The van der Waals surface area contributed by atoms with Gasteiger partial charge in [-0.1, -0.05) is 18.5 Å². The van der Waals surface area contributed by atoms with Crippen molar-refractivity contribution in [1.82, 2.24) is 4.90 Å². The molecule has 20 heavy (non-hydrogen) atoms. The fourth-order valence-electron chi connectivity index (χ4n) is 1.72. The summed E-state index contributed by atoms with van der Waals surface area (Å²) in [6, 6.07) is 3.82. The molecule has 110 valence electrons. The molecule has 0 heterocycles. The number of ether oxygens (including phenoxy) is 1. The van der Waals surface area contributed by atoms with Gasteiger partial charge in [0.05, 0.1) is 12.2 Å². The quantitative estimate of drug-likeness (QED) is 0.759. The van der Waals surface area contributed by atoms with E-state index in [0.717, 1.165) is 6.07 Å². The average Bonchev–Trinajstić information content (AvgIpc) is 2.38. The maximum Gasteiger partial charge on any atom is 0.325 e. The molecule has 0 aliphatic carbocycles. The van der Waals surface area contributed by atoms with Gasteiger partial charge in [-0.05, 0) is 31.5 Å². The first-order valence-corrected chi connectivity index (χ1v) is 6.77. The molecule has 4 nitrogen and oxygen atoms in total. The van der Waals surface area contributed by atoms with E-state index in [-0.39, 0.29) is 23.7 Å². The highest BCUT2D eigenvalue weighted by Gasteiger charge is 2.21. The Kier molecular flexibility index (Phi) is 6.45. The third-order valence-electron chi connectivity index (χ3n) is 2.57. The van der Waals surface area contributed by atoms with Crippen LogP contribution in [-0.4, -0.2) is 36.5 Å². The third kappa shape index (κ3) is 4.49. The second kappa shape index (κ2) is 7.85. The zero-order valence-electron chi connectivity index (χ0n) is 11.5. The molecule has 0 spiro atoms. The van der Waals surface area contributed by atoms with E-state index < -0.39 is 17.7 Å². The molecule has 0 bridgehead atoms. The molecule has 0 fully saturated rings. The molecule has 1 aromatic rings. The number of halogens is 2. The van der Waals surface area contributed by atoms with Gasteiger partial charge >= 0.3 is 5.97 Å². The Labute approximate surface area is 122 Å². The van der Waals surface area contributed by atoms with Crippen LogP contribution >= 0.6 is 11.6 Å². The standard InChI is InChI=1S/C14H17ClFNO3/c1-3-7-17(9-13(18)20-4-2)14(19)11-6-5-10(15)8-12(11)16/h5-6,8H,3-4,7,9H2,1-2H3. The van der Waals surface area contributed by atoms with Crippen LogP contribution in [0.2, 0.25) is 5.02 Å². The zero-order chi connectivity index (χ0) is 15.1. The number of nitrogens with zero attached hydrogens (tertiary/aromatic N) is 1. The molecular weight excluding hydrogens is 285 g/mol. The van der Waals surface area contributed by atoms with E-state index in [0.29, 0.717) is 13.0 Å². The van der Waals surface area contributed by atoms with Crippen LogP contribution in [0.1, 0.15) is 30.6 Å². The second-order valence-corrected chi connectivity index (χ2v) is 4.59. The molecule has 0 saturated heterocycles. The van der Waals surface area contributed by atoms with E-state index in [4.69, 9.17) is 16.3 Å². The highest BCUT2D eigenvalue weighted by Crippen LogP contribution is 2.16. The summed E-state index contributed by atoms with van der Waals surface area (Å²) in [6.07, 6.45) is 0.653. The average molecular weight is 302 g/mol. The van der Waals surface area contributed by atoms with E-state index in [1.54, 1.807) is 6.92 Å². The zero-order valence-corrected chi connectivity index (χ0v) is 12.2. The lowest BCUT2D eigenvalue weighted by molar-refractivity contribution is -0.143. The summed E-state index contributed by atoms with van der Waals surface area (Å²) in [7, 11) is 0. The van der Waals surface area contributed by atoms with Gasteiger partial charge in [0, 0.05) is 11.6 Å². The normalized spacial score (nSPS) is 10.2. The molecule has 0 saturated carbocycles. The SMILES string of the molecule is CCCN(CC(=O)OCC)C(=O)c1ccc(Cl)cc1F. The first-order chi connectivity index (χ1) is 9.49. The highest BCUT2D eigenvalue weighted by molar-refractivity contribution is 6.30. The number of rotatable bonds is 6. The van der Waals surface area contributed by atoms with Crippen LogP contribution in [0.25, 0.3) is 0 Å². The molecule has 0 aliphatic heterocycles. The predicted molar refractivity (Wildman–Crippen MR) is 74.2 cm³/mol. The smallest absolute Gasteiger partial charge is 0.325 e. The third-order valence-corrected chi connectivity index (χ3v) is 2.80. The van der Waals surface area contributed by atoms with Crippen molar-refractivity contribution in [2.75, 3.05) is 19.7 Å². The van der Waals surface area contributed by atoms with Crippen LogP contribution in [-0.2, 0) is 9.53 Å². The molecular formula is C14H17ClFNO3. The molecule has 0 radical (unpaired) electrons. The Balaban J connectivity index is 2.90. The minimum absolute atomic E-state index is 0.104. The van der Waals surface area contributed by atoms with Crippen LogP contribution in [0.15, 0.2) is 18.2 Å². The van der Waals surface area contributed by atoms with Gasteiger partial charge in [-0.15, -0.1) is 0 Å². The van der Waals surface area contributed by atoms with Crippen LogP contribution in [0, 0.1) is 5.82 Å². The van der Waals surface area contributed by atoms with E-state index in [9.17, 15) is 14.0 Å². The lowest BCUT2D eigenvalue weighted by Crippen LogP contribution is -2.37. The van der Waals surface area contributed by atoms with Crippen molar-refractivity contribution < 1.29 is 18.7 Å². The summed E-state index contributed by atoms with van der Waals surface area (Å²) >= 11 is 5.65. The van der Waals surface area contributed by atoms with Crippen LogP contribution in [0.3, 0.4) is 0 Å². The summed E-state index contributed by atoms with van der Waals surface area (Å²) in [5.74, 6) is -1.76. The summed E-state index contributed by atoms with van der Waals surface area (Å²) in [4.78, 5) is 25.0. The van der Waals surface area contributed by atoms with Crippen molar-refractivity contribution in [2.24, 2.45) is 0 Å². The molecule has 6 heteroatoms. The van der Waals surface area contributed by atoms with Crippen LogP contribution < -0.4 is 0 Å². The summed E-state index contributed by atoms with van der Waals surface area (Å²) in [5, 5.41) is 0.214. The minimum atomic E-state index is -0.701. The Morgan fingerprint density at radius 3 is 2.60 bits per heavy atom. The number of hydrogen-bond acceptors (Lipinski definition) is 3. The number of amides is 1. The molecule has 0 aromatic heterocycles. The molecule has 0 N–H and O–H groups in total. The number of esters is 1. The van der Waals surface area contributed by atoms with Gasteiger partial charge in [0.1, 0.15) is 12.4 Å². The van der Waals surface area contributed by atoms with E-state index >= 15 is 0 Å². The van der Waals surface area contributed by atoms with Gasteiger partial charge in [0.2, 0.25) is 0 Å². The Bertz CT molecular complexity index is 493. The molecule has 0 atom stereocenters. The number of carbonyl (C=O) groups is 2. The van der Waals surface area contributed by atoms with Crippen LogP contribution in [0.4, 0.5) is 4.39 Å². The van der Waals surface area contributed by atoms with Crippen molar-refractivity contribution >= 4 is 23.5 Å². The second-order valence-electron chi connectivity index (χ2n) is 4.16. The summed E-state index contributed by atoms with van der Waals surface area (Å²) < 4.78 is 18.5. The fourth-order valence-corrected chi connectivity index (χ4v) is 1.88. The molecule has 1 aromatic carbocycles. The lowest BCUT2D eigenvalue weighted by Gasteiger charge is -2.21. The molecule has 0 unspecified atom stereocenters. The van der Waals surface area contributed by atoms with Gasteiger partial charge in [0.25, 0.3) is 5.91 Å². The first kappa shape index (κ1) is 16.4. The Hall–Kier alpha value is -1.62. The fraction of sp³-hybridized carbons (Fsp3) is 0.429. The first-order valence-electron chi connectivity index (χ1n) is 6.39. The summed E-state index contributed by atoms with van der Waals surface area (Å²) in [5.41, 5.74) is -0.104.